The molecular formula is C15H20N2O3. The van der Waals surface area contributed by atoms with E-state index < -0.39 is 12.0 Å². The van der Waals surface area contributed by atoms with Gasteiger partial charge < -0.3 is 19.8 Å². The second-order valence-electron chi connectivity index (χ2n) is 4.48. The van der Waals surface area contributed by atoms with Gasteiger partial charge in [-0.05, 0) is 32.0 Å². The van der Waals surface area contributed by atoms with Crippen LogP contribution < -0.4 is 10.5 Å². The van der Waals surface area contributed by atoms with Crippen molar-refractivity contribution in [2.75, 3.05) is 13.7 Å². The van der Waals surface area contributed by atoms with Crippen molar-refractivity contribution >= 4 is 16.9 Å². The van der Waals surface area contributed by atoms with E-state index in [1.165, 1.54) is 0 Å². The molecule has 0 spiro atoms. The van der Waals surface area contributed by atoms with Gasteiger partial charge >= 0.3 is 5.97 Å². The lowest BCUT2D eigenvalue weighted by Crippen LogP contribution is -2.23. The second-order valence-corrected chi connectivity index (χ2v) is 4.48. The van der Waals surface area contributed by atoms with Gasteiger partial charge in [0.2, 0.25) is 0 Å². The Labute approximate surface area is 118 Å². The lowest BCUT2D eigenvalue weighted by atomic mass is 10.1. The van der Waals surface area contributed by atoms with Crippen molar-refractivity contribution < 1.29 is 14.3 Å². The molecule has 0 aliphatic heterocycles. The predicted molar refractivity (Wildman–Crippen MR) is 77.7 cm³/mol. The van der Waals surface area contributed by atoms with Crippen molar-refractivity contribution in [3.8, 4) is 5.75 Å². The van der Waals surface area contributed by atoms with Gasteiger partial charge in [0.1, 0.15) is 11.8 Å². The molecule has 1 aromatic carbocycles. The summed E-state index contributed by atoms with van der Waals surface area (Å²) in [6.45, 7) is 4.94. The Hall–Kier alpha value is -2.01. The molecule has 0 saturated carbocycles. The van der Waals surface area contributed by atoms with Crippen LogP contribution in [0.2, 0.25) is 0 Å². The molecule has 5 heteroatoms. The monoisotopic (exact) mass is 276 g/mol. The zero-order valence-electron chi connectivity index (χ0n) is 12.1. The van der Waals surface area contributed by atoms with Gasteiger partial charge in [-0.3, -0.25) is 0 Å². The van der Waals surface area contributed by atoms with Crippen LogP contribution in [0.3, 0.4) is 0 Å². The first-order chi connectivity index (χ1) is 9.62. The van der Waals surface area contributed by atoms with Gasteiger partial charge in [0.25, 0.3) is 0 Å². The third kappa shape index (κ3) is 2.49. The van der Waals surface area contributed by atoms with E-state index >= 15 is 0 Å². The summed E-state index contributed by atoms with van der Waals surface area (Å²) >= 11 is 0. The van der Waals surface area contributed by atoms with Crippen LogP contribution in [0.1, 0.15) is 25.5 Å². The molecule has 0 radical (unpaired) electrons. The Morgan fingerprint density at radius 1 is 1.40 bits per heavy atom. The van der Waals surface area contributed by atoms with Crippen molar-refractivity contribution in [2.45, 2.75) is 26.4 Å². The SMILES string of the molecule is CCOC(=O)C(N)c1cn(CC)c2ccc(OC)cc12. The van der Waals surface area contributed by atoms with E-state index in [0.717, 1.165) is 28.8 Å². The van der Waals surface area contributed by atoms with Gasteiger partial charge in [-0.25, -0.2) is 4.79 Å². The van der Waals surface area contributed by atoms with E-state index in [1.54, 1.807) is 14.0 Å². The minimum atomic E-state index is -0.780. The highest BCUT2D eigenvalue weighted by molar-refractivity contribution is 5.91. The fraction of sp³-hybridized carbons (Fsp3) is 0.400. The fourth-order valence-electron chi connectivity index (χ4n) is 2.30. The summed E-state index contributed by atoms with van der Waals surface area (Å²) in [6.07, 6.45) is 1.91. The van der Waals surface area contributed by atoms with E-state index in [0.29, 0.717) is 6.61 Å². The molecule has 2 aromatic rings. The summed E-state index contributed by atoms with van der Waals surface area (Å²) in [7, 11) is 1.61. The summed E-state index contributed by atoms with van der Waals surface area (Å²) in [5, 5.41) is 0.923. The topological polar surface area (TPSA) is 66.5 Å². The van der Waals surface area contributed by atoms with E-state index in [-0.39, 0.29) is 0 Å². The minimum absolute atomic E-state index is 0.322. The van der Waals surface area contributed by atoms with Crippen LogP contribution in [0.5, 0.6) is 5.75 Å². The van der Waals surface area contributed by atoms with Gasteiger partial charge in [0.15, 0.2) is 0 Å². The summed E-state index contributed by atoms with van der Waals surface area (Å²) in [5.41, 5.74) is 7.82. The highest BCUT2D eigenvalue weighted by atomic mass is 16.5. The van der Waals surface area contributed by atoms with Gasteiger partial charge in [0.05, 0.1) is 13.7 Å². The van der Waals surface area contributed by atoms with E-state index in [9.17, 15) is 4.79 Å². The average Bonchev–Trinajstić information content (AvgIpc) is 2.84. The lowest BCUT2D eigenvalue weighted by Gasteiger charge is -2.09. The first-order valence-corrected chi connectivity index (χ1v) is 6.71. The van der Waals surface area contributed by atoms with Crippen LogP contribution in [0.4, 0.5) is 0 Å². The first kappa shape index (κ1) is 14.4. The zero-order valence-corrected chi connectivity index (χ0v) is 12.1. The van der Waals surface area contributed by atoms with E-state index in [1.807, 2.05) is 31.3 Å². The number of methoxy groups -OCH3 is 1. The fourth-order valence-corrected chi connectivity index (χ4v) is 2.30. The maximum Gasteiger partial charge on any atom is 0.327 e. The Kier molecular flexibility index (Phi) is 4.29. The maximum atomic E-state index is 11.9. The molecule has 2 N–H and O–H groups in total. The molecule has 5 nitrogen and oxygen atoms in total. The molecule has 0 fully saturated rings. The molecule has 2 rings (SSSR count). The number of carbonyl (C=O) groups excluding carboxylic acids is 1. The Morgan fingerprint density at radius 2 is 2.15 bits per heavy atom. The second kappa shape index (κ2) is 5.96. The normalized spacial score (nSPS) is 12.4. The molecule has 1 unspecified atom stereocenters. The first-order valence-electron chi connectivity index (χ1n) is 6.71. The number of nitrogens with two attached hydrogens (primary N) is 1. The third-order valence-electron chi connectivity index (χ3n) is 3.34. The van der Waals surface area contributed by atoms with Crippen molar-refractivity contribution in [3.05, 3.63) is 30.0 Å². The average molecular weight is 276 g/mol. The van der Waals surface area contributed by atoms with E-state index in [2.05, 4.69) is 4.57 Å². The Morgan fingerprint density at radius 3 is 2.75 bits per heavy atom. The van der Waals surface area contributed by atoms with Gasteiger partial charge in [-0.15, -0.1) is 0 Å². The van der Waals surface area contributed by atoms with Gasteiger partial charge in [-0.1, -0.05) is 0 Å². The summed E-state index contributed by atoms with van der Waals surface area (Å²) < 4.78 is 12.3. The van der Waals surface area contributed by atoms with Crippen molar-refractivity contribution in [2.24, 2.45) is 5.73 Å². The maximum absolute atomic E-state index is 11.9. The summed E-state index contributed by atoms with van der Waals surface area (Å²) in [6, 6.07) is 4.99. The largest absolute Gasteiger partial charge is 0.497 e. The number of carbonyl (C=O) groups is 1. The van der Waals surface area contributed by atoms with Crippen LogP contribution in [0, 0.1) is 0 Å². The third-order valence-corrected chi connectivity index (χ3v) is 3.34. The number of rotatable bonds is 5. The zero-order chi connectivity index (χ0) is 14.7. The van der Waals surface area contributed by atoms with Crippen LogP contribution in [0.15, 0.2) is 24.4 Å². The number of hydrogen-bond acceptors (Lipinski definition) is 4. The van der Waals surface area contributed by atoms with Crippen molar-refractivity contribution in [1.82, 2.24) is 4.57 Å². The number of ether oxygens (including phenoxy) is 2. The standard InChI is InChI=1S/C15H20N2O3/c1-4-17-9-12(14(16)15(18)20-5-2)11-8-10(19-3)6-7-13(11)17/h6-9,14H,4-5,16H2,1-3H3. The highest BCUT2D eigenvalue weighted by Gasteiger charge is 2.22. The number of fused-ring (bicyclic) bond motifs is 1. The summed E-state index contributed by atoms with van der Waals surface area (Å²) in [4.78, 5) is 11.9. The van der Waals surface area contributed by atoms with Crippen molar-refractivity contribution in [3.63, 3.8) is 0 Å². The van der Waals surface area contributed by atoms with Crippen LogP contribution >= 0.6 is 0 Å². The van der Waals surface area contributed by atoms with E-state index in [4.69, 9.17) is 15.2 Å². The molecule has 108 valence electrons. The molecule has 0 aliphatic carbocycles. The quantitative estimate of drug-likeness (QED) is 0.850. The minimum Gasteiger partial charge on any atom is -0.497 e. The van der Waals surface area contributed by atoms with Crippen LogP contribution in [0.25, 0.3) is 10.9 Å². The number of esters is 1. The molecule has 1 aromatic heterocycles. The van der Waals surface area contributed by atoms with Crippen LogP contribution in [-0.2, 0) is 16.1 Å². The Balaban J connectivity index is 2.53. The van der Waals surface area contributed by atoms with Gasteiger partial charge in [0, 0.05) is 29.2 Å². The number of hydrogen-bond donors (Lipinski definition) is 1. The van der Waals surface area contributed by atoms with Crippen molar-refractivity contribution in [1.29, 1.82) is 0 Å². The summed E-state index contributed by atoms with van der Waals surface area (Å²) in [5.74, 6) is 0.328. The molecular weight excluding hydrogens is 256 g/mol. The molecule has 1 heterocycles. The molecule has 20 heavy (non-hydrogen) atoms. The predicted octanol–water partition coefficient (Wildman–Crippen LogP) is 2.23. The smallest absolute Gasteiger partial charge is 0.327 e. The number of aryl methyl sites for hydroxylation is 1. The molecule has 1 atom stereocenters. The molecule has 0 saturated heterocycles. The Bertz CT molecular complexity index is 619. The number of nitrogens with zero attached hydrogens (tertiary/aromatic N) is 1. The highest BCUT2D eigenvalue weighted by Crippen LogP contribution is 2.29. The number of benzene rings is 1. The lowest BCUT2D eigenvalue weighted by molar-refractivity contribution is -0.144. The number of aromatic nitrogens is 1. The molecule has 0 bridgehead atoms. The molecule has 0 amide bonds. The van der Waals surface area contributed by atoms with Gasteiger partial charge in [-0.2, -0.15) is 0 Å². The van der Waals surface area contributed by atoms with Crippen LogP contribution in [-0.4, -0.2) is 24.3 Å². The molecule has 0 aliphatic rings.